The summed E-state index contributed by atoms with van der Waals surface area (Å²) in [5.41, 5.74) is 0.439. The van der Waals surface area contributed by atoms with Crippen LogP contribution < -0.4 is 0 Å². The number of nitrogens with zero attached hydrogens (tertiary/aromatic N) is 1. The van der Waals surface area contributed by atoms with Gasteiger partial charge in [-0.25, -0.2) is 13.2 Å². The fourth-order valence-corrected chi connectivity index (χ4v) is 4.25. The van der Waals surface area contributed by atoms with Crippen molar-refractivity contribution >= 4 is 27.6 Å². The van der Waals surface area contributed by atoms with Crippen molar-refractivity contribution in [3.8, 4) is 0 Å². The van der Waals surface area contributed by atoms with E-state index in [4.69, 9.17) is 4.74 Å². The molecule has 0 unspecified atom stereocenters. The van der Waals surface area contributed by atoms with Crippen molar-refractivity contribution in [3.63, 3.8) is 0 Å². The first-order valence-corrected chi connectivity index (χ1v) is 11.2. The molecule has 0 N–H and O–H groups in total. The van der Waals surface area contributed by atoms with Crippen LogP contribution in [0, 0.1) is 0 Å². The molecule has 27 heavy (non-hydrogen) atoms. The van der Waals surface area contributed by atoms with Gasteiger partial charge in [-0.05, 0) is 44.2 Å². The lowest BCUT2D eigenvalue weighted by Crippen LogP contribution is -2.47. The number of hydrogen-bond acceptors (Lipinski definition) is 6. The summed E-state index contributed by atoms with van der Waals surface area (Å²) in [5, 5.41) is 0. The number of sulfone groups is 1. The minimum Gasteiger partial charge on any atom is -0.461 e. The third-order valence-electron chi connectivity index (χ3n) is 5.01. The molecule has 0 spiro atoms. The number of hydrogen-bond donors (Lipinski definition) is 0. The van der Waals surface area contributed by atoms with Gasteiger partial charge >= 0.3 is 5.97 Å². The number of rotatable bonds is 6. The fraction of sp³-hybridized carbons (Fsp3) is 0.526. The Hall–Kier alpha value is -2.22. The number of benzene rings is 1. The van der Waals surface area contributed by atoms with Crippen molar-refractivity contribution in [3.05, 3.63) is 35.4 Å². The van der Waals surface area contributed by atoms with Gasteiger partial charge in [0.05, 0.1) is 16.9 Å². The van der Waals surface area contributed by atoms with Gasteiger partial charge in [0.15, 0.2) is 0 Å². The summed E-state index contributed by atoms with van der Waals surface area (Å²) in [7, 11) is -3.37. The largest absolute Gasteiger partial charge is 0.461 e. The first-order valence-electron chi connectivity index (χ1n) is 9.13. The second-order valence-electron chi connectivity index (χ2n) is 7.16. The molecule has 1 heterocycles. The van der Waals surface area contributed by atoms with Crippen LogP contribution in [0.25, 0.3) is 0 Å². The van der Waals surface area contributed by atoms with E-state index in [9.17, 15) is 22.8 Å². The maximum absolute atomic E-state index is 12.8. The summed E-state index contributed by atoms with van der Waals surface area (Å²) >= 11 is 0. The SMILES string of the molecule is CS(=O)(=O)CC[C@@H](C(=O)OC1CCCCC1)N1C(=O)c2ccccc2C1=O. The summed E-state index contributed by atoms with van der Waals surface area (Å²) in [6.07, 6.45) is 5.12. The Morgan fingerprint density at radius 2 is 1.67 bits per heavy atom. The maximum atomic E-state index is 12.8. The molecule has 3 rings (SSSR count). The molecule has 0 bridgehead atoms. The van der Waals surface area contributed by atoms with E-state index in [-0.39, 0.29) is 29.4 Å². The van der Waals surface area contributed by atoms with Gasteiger partial charge in [-0.3, -0.25) is 14.5 Å². The third-order valence-corrected chi connectivity index (χ3v) is 5.98. The van der Waals surface area contributed by atoms with Crippen LogP contribution >= 0.6 is 0 Å². The lowest BCUT2D eigenvalue weighted by Gasteiger charge is -2.28. The normalized spacial score (nSPS) is 19.1. The quantitative estimate of drug-likeness (QED) is 0.541. The molecule has 1 aliphatic carbocycles. The Morgan fingerprint density at radius 1 is 1.11 bits per heavy atom. The zero-order valence-corrected chi connectivity index (χ0v) is 16.0. The zero-order valence-electron chi connectivity index (χ0n) is 15.2. The molecule has 2 aliphatic rings. The van der Waals surface area contributed by atoms with Crippen molar-refractivity contribution in [1.29, 1.82) is 0 Å². The number of imide groups is 1. The Balaban J connectivity index is 1.84. The van der Waals surface area contributed by atoms with E-state index in [0.717, 1.165) is 43.3 Å². The van der Waals surface area contributed by atoms with E-state index < -0.39 is 33.7 Å². The molecule has 1 aromatic rings. The zero-order chi connectivity index (χ0) is 19.6. The molecule has 0 radical (unpaired) electrons. The van der Waals surface area contributed by atoms with E-state index in [2.05, 4.69) is 0 Å². The predicted octanol–water partition coefficient (Wildman–Crippen LogP) is 1.96. The Morgan fingerprint density at radius 3 is 2.19 bits per heavy atom. The smallest absolute Gasteiger partial charge is 0.329 e. The average Bonchev–Trinajstić information content (AvgIpc) is 2.87. The van der Waals surface area contributed by atoms with Crippen LogP contribution in [-0.4, -0.2) is 55.3 Å². The molecule has 0 aromatic heterocycles. The molecular weight excluding hydrogens is 370 g/mol. The number of carbonyl (C=O) groups excluding carboxylic acids is 3. The molecule has 7 nitrogen and oxygen atoms in total. The Bertz CT molecular complexity index is 822. The third kappa shape index (κ3) is 4.37. The number of amides is 2. The number of fused-ring (bicyclic) bond motifs is 1. The molecule has 1 aromatic carbocycles. The van der Waals surface area contributed by atoms with Gasteiger partial charge in [-0.1, -0.05) is 18.6 Å². The van der Waals surface area contributed by atoms with E-state index in [0.29, 0.717) is 0 Å². The van der Waals surface area contributed by atoms with Gasteiger partial charge in [-0.2, -0.15) is 0 Å². The van der Waals surface area contributed by atoms with E-state index in [1.165, 1.54) is 12.1 Å². The van der Waals surface area contributed by atoms with Gasteiger partial charge in [0.25, 0.3) is 11.8 Å². The van der Waals surface area contributed by atoms with Gasteiger partial charge < -0.3 is 4.74 Å². The molecule has 8 heteroatoms. The summed E-state index contributed by atoms with van der Waals surface area (Å²) in [6.45, 7) is 0. The second kappa shape index (κ2) is 7.80. The number of esters is 1. The highest BCUT2D eigenvalue weighted by Gasteiger charge is 2.44. The summed E-state index contributed by atoms with van der Waals surface area (Å²) in [4.78, 5) is 39.1. The van der Waals surface area contributed by atoms with Crippen LogP contribution in [0.2, 0.25) is 0 Å². The van der Waals surface area contributed by atoms with Gasteiger partial charge in [0.2, 0.25) is 0 Å². The monoisotopic (exact) mass is 393 g/mol. The van der Waals surface area contributed by atoms with E-state index in [1.807, 2.05) is 0 Å². The molecule has 1 fully saturated rings. The fourth-order valence-electron chi connectivity index (χ4n) is 3.59. The molecule has 2 amide bonds. The summed E-state index contributed by atoms with van der Waals surface area (Å²) < 4.78 is 28.8. The Kier molecular flexibility index (Phi) is 5.64. The standard InChI is InChI=1S/C19H23NO6S/c1-27(24,25)12-11-16(19(23)26-13-7-3-2-4-8-13)20-17(21)14-9-5-6-10-15(14)18(20)22/h5-6,9-10,13,16H,2-4,7-8,11-12H2,1H3/t16-/m0/s1. The van der Waals surface area contributed by atoms with Crippen LogP contribution in [0.5, 0.6) is 0 Å². The molecule has 1 saturated carbocycles. The topological polar surface area (TPSA) is 97.8 Å². The predicted molar refractivity (Wildman–Crippen MR) is 98.0 cm³/mol. The maximum Gasteiger partial charge on any atom is 0.329 e. The Labute approximate surface area is 158 Å². The van der Waals surface area contributed by atoms with Crippen molar-refractivity contribution in [2.45, 2.75) is 50.7 Å². The van der Waals surface area contributed by atoms with Gasteiger partial charge in [-0.15, -0.1) is 0 Å². The van der Waals surface area contributed by atoms with E-state index >= 15 is 0 Å². The highest BCUT2D eigenvalue weighted by Crippen LogP contribution is 2.28. The van der Waals surface area contributed by atoms with Crippen LogP contribution in [0.15, 0.2) is 24.3 Å². The minimum atomic E-state index is -3.37. The van der Waals surface area contributed by atoms with Crippen LogP contribution in [0.4, 0.5) is 0 Å². The average molecular weight is 393 g/mol. The van der Waals surface area contributed by atoms with E-state index in [1.54, 1.807) is 12.1 Å². The number of ether oxygens (including phenoxy) is 1. The van der Waals surface area contributed by atoms with Gasteiger partial charge in [0, 0.05) is 6.26 Å². The van der Waals surface area contributed by atoms with Gasteiger partial charge in [0.1, 0.15) is 22.0 Å². The van der Waals surface area contributed by atoms with Crippen LogP contribution in [0.3, 0.4) is 0 Å². The molecular formula is C19H23NO6S. The second-order valence-corrected chi connectivity index (χ2v) is 9.42. The highest BCUT2D eigenvalue weighted by molar-refractivity contribution is 7.90. The summed E-state index contributed by atoms with van der Waals surface area (Å²) in [6, 6.07) is 5.08. The summed E-state index contributed by atoms with van der Waals surface area (Å²) in [5.74, 6) is -2.20. The van der Waals surface area contributed by atoms with Crippen LogP contribution in [-0.2, 0) is 19.4 Å². The van der Waals surface area contributed by atoms with Crippen molar-refractivity contribution < 1.29 is 27.5 Å². The number of carbonyl (C=O) groups is 3. The van der Waals surface area contributed by atoms with Crippen molar-refractivity contribution in [2.75, 3.05) is 12.0 Å². The molecule has 146 valence electrons. The minimum absolute atomic E-state index is 0.171. The lowest BCUT2D eigenvalue weighted by molar-refractivity contribution is -0.155. The lowest BCUT2D eigenvalue weighted by atomic mass is 9.98. The van der Waals surface area contributed by atoms with Crippen molar-refractivity contribution in [2.24, 2.45) is 0 Å². The molecule has 1 atom stereocenters. The first-order chi connectivity index (χ1) is 12.8. The highest BCUT2D eigenvalue weighted by atomic mass is 32.2. The first kappa shape index (κ1) is 19.5. The molecule has 1 aliphatic heterocycles. The van der Waals surface area contributed by atoms with Crippen molar-refractivity contribution in [1.82, 2.24) is 4.90 Å². The van der Waals surface area contributed by atoms with Crippen LogP contribution in [0.1, 0.15) is 59.2 Å². The molecule has 0 saturated heterocycles.